The molecule has 8 heteroatoms. The normalized spacial score (nSPS) is 15.4. The predicted molar refractivity (Wildman–Crippen MR) is 99.0 cm³/mol. The van der Waals surface area contributed by atoms with E-state index in [0.29, 0.717) is 24.5 Å². The third kappa shape index (κ3) is 5.15. The van der Waals surface area contributed by atoms with Gasteiger partial charge in [-0.3, -0.25) is 4.90 Å². The standard InChI is InChI=1S/C19H20F3N5/c20-19(21,22)16-2-1-3-18(14-16)27-12-10-26(11-13-27)9-8-15-4-6-17(7-5-15)24-25-23/h1-7,14H,8-13H2. The molecule has 0 N–H and O–H groups in total. The van der Waals surface area contributed by atoms with E-state index in [-0.39, 0.29) is 0 Å². The molecule has 0 atom stereocenters. The van der Waals surface area contributed by atoms with Crippen LogP contribution in [0.3, 0.4) is 0 Å². The number of hydrogen-bond acceptors (Lipinski definition) is 3. The molecule has 0 aliphatic carbocycles. The van der Waals surface area contributed by atoms with Gasteiger partial charge in [0, 0.05) is 49.0 Å². The third-order valence-corrected chi connectivity index (χ3v) is 4.72. The molecule has 0 aromatic heterocycles. The highest BCUT2D eigenvalue weighted by atomic mass is 19.4. The Morgan fingerprint density at radius 1 is 1.00 bits per heavy atom. The Kier molecular flexibility index (Phi) is 5.88. The Labute approximate surface area is 155 Å². The third-order valence-electron chi connectivity index (χ3n) is 4.72. The first kappa shape index (κ1) is 19.1. The highest BCUT2D eigenvalue weighted by Gasteiger charge is 2.31. The summed E-state index contributed by atoms with van der Waals surface area (Å²) in [6.45, 7) is 3.92. The molecule has 27 heavy (non-hydrogen) atoms. The number of benzene rings is 2. The van der Waals surface area contributed by atoms with E-state index < -0.39 is 11.7 Å². The number of azide groups is 1. The van der Waals surface area contributed by atoms with Crippen molar-refractivity contribution in [2.45, 2.75) is 12.6 Å². The van der Waals surface area contributed by atoms with Crippen LogP contribution in [0.1, 0.15) is 11.1 Å². The topological polar surface area (TPSA) is 55.2 Å². The fourth-order valence-corrected chi connectivity index (χ4v) is 3.18. The molecule has 0 spiro atoms. The second-order valence-electron chi connectivity index (χ2n) is 6.48. The highest BCUT2D eigenvalue weighted by molar-refractivity contribution is 5.49. The second kappa shape index (κ2) is 8.33. The lowest BCUT2D eigenvalue weighted by Crippen LogP contribution is -2.47. The van der Waals surface area contributed by atoms with Gasteiger partial charge in [-0.25, -0.2) is 0 Å². The van der Waals surface area contributed by atoms with E-state index in [1.807, 2.05) is 17.0 Å². The molecule has 3 rings (SSSR count). The molecule has 2 aromatic rings. The van der Waals surface area contributed by atoms with Crippen LogP contribution >= 0.6 is 0 Å². The highest BCUT2D eigenvalue weighted by Crippen LogP contribution is 2.31. The molecule has 0 amide bonds. The zero-order chi connectivity index (χ0) is 19.3. The number of rotatable bonds is 5. The number of alkyl halides is 3. The summed E-state index contributed by atoms with van der Waals surface area (Å²) >= 11 is 0. The minimum Gasteiger partial charge on any atom is -0.369 e. The van der Waals surface area contributed by atoms with E-state index in [2.05, 4.69) is 14.9 Å². The van der Waals surface area contributed by atoms with Crippen LogP contribution in [0.25, 0.3) is 10.4 Å². The summed E-state index contributed by atoms with van der Waals surface area (Å²) in [5.74, 6) is 0. The van der Waals surface area contributed by atoms with Crippen LogP contribution in [0.2, 0.25) is 0 Å². The van der Waals surface area contributed by atoms with Crippen molar-refractivity contribution in [2.75, 3.05) is 37.6 Å². The lowest BCUT2D eigenvalue weighted by Gasteiger charge is -2.36. The van der Waals surface area contributed by atoms with E-state index in [1.165, 1.54) is 12.1 Å². The predicted octanol–water partition coefficient (Wildman–Crippen LogP) is 5.01. The number of halogens is 3. The molecule has 0 radical (unpaired) electrons. The van der Waals surface area contributed by atoms with Gasteiger partial charge in [0.25, 0.3) is 0 Å². The van der Waals surface area contributed by atoms with E-state index in [4.69, 9.17) is 5.53 Å². The lowest BCUT2D eigenvalue weighted by atomic mass is 10.1. The van der Waals surface area contributed by atoms with E-state index >= 15 is 0 Å². The summed E-state index contributed by atoms with van der Waals surface area (Å²) in [5, 5.41) is 3.55. The first-order chi connectivity index (χ1) is 13.0. The van der Waals surface area contributed by atoms with Gasteiger partial charge in [0.05, 0.1) is 5.56 Å². The summed E-state index contributed by atoms with van der Waals surface area (Å²) in [6, 6.07) is 13.0. The van der Waals surface area contributed by atoms with Gasteiger partial charge in [-0.2, -0.15) is 13.2 Å². The SMILES string of the molecule is [N-]=[N+]=Nc1ccc(CCN2CCN(c3cccc(C(F)(F)F)c3)CC2)cc1. The Balaban J connectivity index is 1.51. The Morgan fingerprint density at radius 2 is 1.70 bits per heavy atom. The Hall–Kier alpha value is -2.70. The minimum absolute atomic E-state index is 0.593. The van der Waals surface area contributed by atoms with Gasteiger partial charge in [-0.15, -0.1) is 0 Å². The van der Waals surface area contributed by atoms with Gasteiger partial charge in [-0.05, 0) is 35.7 Å². The first-order valence-electron chi connectivity index (χ1n) is 8.74. The molecule has 1 aliphatic heterocycles. The number of piperazine rings is 1. The molecule has 1 fully saturated rings. The van der Waals surface area contributed by atoms with Crippen molar-refractivity contribution in [1.82, 2.24) is 4.90 Å². The van der Waals surface area contributed by atoms with Crippen molar-refractivity contribution in [3.63, 3.8) is 0 Å². The van der Waals surface area contributed by atoms with E-state index in [1.54, 1.807) is 18.2 Å². The number of nitrogens with zero attached hydrogens (tertiary/aromatic N) is 5. The van der Waals surface area contributed by atoms with Gasteiger partial charge in [-0.1, -0.05) is 35.4 Å². The first-order valence-corrected chi connectivity index (χ1v) is 8.74. The van der Waals surface area contributed by atoms with Crippen LogP contribution in [-0.4, -0.2) is 37.6 Å². The average molecular weight is 375 g/mol. The smallest absolute Gasteiger partial charge is 0.369 e. The van der Waals surface area contributed by atoms with Crippen molar-refractivity contribution < 1.29 is 13.2 Å². The molecule has 1 aliphatic rings. The van der Waals surface area contributed by atoms with Crippen LogP contribution in [0, 0.1) is 0 Å². The molecule has 0 saturated carbocycles. The summed E-state index contributed by atoms with van der Waals surface area (Å²) < 4.78 is 38.6. The summed E-state index contributed by atoms with van der Waals surface area (Å²) in [6.07, 6.45) is -3.44. The van der Waals surface area contributed by atoms with Gasteiger partial charge in [0.15, 0.2) is 0 Å². The number of anilines is 1. The van der Waals surface area contributed by atoms with Crippen LogP contribution in [-0.2, 0) is 12.6 Å². The summed E-state index contributed by atoms with van der Waals surface area (Å²) in [7, 11) is 0. The monoisotopic (exact) mass is 375 g/mol. The molecular weight excluding hydrogens is 355 g/mol. The van der Waals surface area contributed by atoms with Gasteiger partial charge in [0.1, 0.15) is 0 Å². The average Bonchev–Trinajstić information content (AvgIpc) is 2.68. The van der Waals surface area contributed by atoms with Crippen molar-refractivity contribution >= 4 is 11.4 Å². The van der Waals surface area contributed by atoms with E-state index in [9.17, 15) is 13.2 Å². The zero-order valence-electron chi connectivity index (χ0n) is 14.7. The molecule has 2 aromatic carbocycles. The van der Waals surface area contributed by atoms with Gasteiger partial charge < -0.3 is 4.90 Å². The maximum atomic E-state index is 12.9. The molecule has 5 nitrogen and oxygen atoms in total. The number of hydrogen-bond donors (Lipinski definition) is 0. The fraction of sp³-hybridized carbons (Fsp3) is 0.368. The van der Waals surface area contributed by atoms with Crippen LogP contribution < -0.4 is 4.90 Å². The molecule has 142 valence electrons. The van der Waals surface area contributed by atoms with Crippen molar-refractivity contribution in [2.24, 2.45) is 5.11 Å². The van der Waals surface area contributed by atoms with Crippen LogP contribution in [0.4, 0.5) is 24.5 Å². The maximum Gasteiger partial charge on any atom is 0.416 e. The zero-order valence-corrected chi connectivity index (χ0v) is 14.7. The molecule has 0 unspecified atom stereocenters. The van der Waals surface area contributed by atoms with Crippen LogP contribution in [0.5, 0.6) is 0 Å². The van der Waals surface area contributed by atoms with Crippen molar-refractivity contribution in [3.8, 4) is 0 Å². The summed E-state index contributed by atoms with van der Waals surface area (Å²) in [4.78, 5) is 7.07. The van der Waals surface area contributed by atoms with E-state index in [0.717, 1.165) is 37.7 Å². The quantitative estimate of drug-likeness (QED) is 0.419. The Bertz CT molecular complexity index is 805. The minimum atomic E-state index is -4.31. The fourth-order valence-electron chi connectivity index (χ4n) is 3.18. The van der Waals surface area contributed by atoms with Crippen LogP contribution in [0.15, 0.2) is 53.6 Å². The lowest BCUT2D eigenvalue weighted by molar-refractivity contribution is -0.137. The molecule has 1 saturated heterocycles. The second-order valence-corrected chi connectivity index (χ2v) is 6.48. The maximum absolute atomic E-state index is 12.9. The molecule has 1 heterocycles. The largest absolute Gasteiger partial charge is 0.416 e. The Morgan fingerprint density at radius 3 is 2.33 bits per heavy atom. The summed E-state index contributed by atoms with van der Waals surface area (Å²) in [5.41, 5.74) is 10.2. The molecule has 0 bridgehead atoms. The molecular formula is C19H20F3N5. The van der Waals surface area contributed by atoms with Crippen molar-refractivity contribution in [1.29, 1.82) is 0 Å². The van der Waals surface area contributed by atoms with Crippen molar-refractivity contribution in [3.05, 3.63) is 70.1 Å². The van der Waals surface area contributed by atoms with Gasteiger partial charge in [0.2, 0.25) is 0 Å². The van der Waals surface area contributed by atoms with Gasteiger partial charge >= 0.3 is 6.18 Å².